The molecule has 0 spiro atoms. The molecule has 0 aromatic carbocycles. The number of nitrogens with zero attached hydrogens (tertiary/aromatic N) is 8. The van der Waals surface area contributed by atoms with Crippen LogP contribution in [0.2, 0.25) is 0 Å². The van der Waals surface area contributed by atoms with Crippen molar-refractivity contribution in [3.05, 3.63) is 0 Å². The SMILES string of the molecule is CN(C)P1(N(C)C)(N(C)C)N(C)P(N(C)C)(N(C)C)(N(C)C)N1C. The summed E-state index contributed by atoms with van der Waals surface area (Å²) < 4.78 is 19.9. The van der Waals surface area contributed by atoms with E-state index < -0.39 is 14.7 Å². The minimum absolute atomic E-state index is 2.20. The standard InChI is InChI=1S/C14H42N8P2/c1-15(2)23(16(3)4,17(5)6)21(13)24(18(7)8,19(9)10,20(11)12)22(23)14/h1-14H3. The molecule has 1 aliphatic rings. The Labute approximate surface area is 150 Å². The van der Waals surface area contributed by atoms with Gasteiger partial charge in [-0.3, -0.25) is 0 Å². The van der Waals surface area contributed by atoms with Gasteiger partial charge < -0.3 is 0 Å². The normalized spacial score (nSPS) is 29.7. The summed E-state index contributed by atoms with van der Waals surface area (Å²) in [6.07, 6.45) is 0. The van der Waals surface area contributed by atoms with Crippen LogP contribution in [0.3, 0.4) is 0 Å². The second-order valence-electron chi connectivity index (χ2n) is 7.85. The maximum atomic E-state index is 2.68. The molecule has 0 aromatic heterocycles. The van der Waals surface area contributed by atoms with E-state index in [0.717, 1.165) is 0 Å². The van der Waals surface area contributed by atoms with Gasteiger partial charge in [0, 0.05) is 0 Å². The van der Waals surface area contributed by atoms with Crippen LogP contribution in [-0.4, -0.2) is 136 Å². The van der Waals surface area contributed by atoms with Crippen LogP contribution in [0, 0.1) is 0 Å². The predicted octanol–water partition coefficient (Wildman–Crippen LogP) is 1.49. The summed E-state index contributed by atoms with van der Waals surface area (Å²) >= 11 is 0. The fourth-order valence-electron chi connectivity index (χ4n) is 6.17. The third-order valence-electron chi connectivity index (χ3n) is 6.36. The van der Waals surface area contributed by atoms with Gasteiger partial charge in [-0.15, -0.1) is 0 Å². The fraction of sp³-hybridized carbons (Fsp3) is 1.00. The Balaban J connectivity index is 4.05. The molecule has 8 nitrogen and oxygen atoms in total. The molecule has 1 rings (SSSR count). The van der Waals surface area contributed by atoms with Crippen molar-refractivity contribution in [1.29, 1.82) is 0 Å². The number of hydrogen-bond donors (Lipinski definition) is 0. The van der Waals surface area contributed by atoms with Crippen LogP contribution in [0.5, 0.6) is 0 Å². The van der Waals surface area contributed by atoms with Crippen molar-refractivity contribution in [3.8, 4) is 0 Å². The first kappa shape index (κ1) is 22.6. The van der Waals surface area contributed by atoms with Crippen molar-refractivity contribution in [2.24, 2.45) is 0 Å². The molecule has 148 valence electrons. The second kappa shape index (κ2) is 6.03. The first-order valence-electron chi connectivity index (χ1n) is 8.26. The Morgan fingerprint density at radius 2 is 0.500 bits per heavy atom. The fourth-order valence-corrected chi connectivity index (χ4v) is 28.7. The van der Waals surface area contributed by atoms with Gasteiger partial charge in [0.1, 0.15) is 0 Å². The Morgan fingerprint density at radius 3 is 0.583 bits per heavy atom. The first-order chi connectivity index (χ1) is 10.7. The Morgan fingerprint density at radius 1 is 0.375 bits per heavy atom. The van der Waals surface area contributed by atoms with Crippen LogP contribution >= 0.6 is 14.7 Å². The van der Waals surface area contributed by atoms with E-state index in [1.807, 2.05) is 0 Å². The van der Waals surface area contributed by atoms with E-state index in [2.05, 4.69) is 136 Å². The molecule has 0 aliphatic carbocycles. The third-order valence-corrected chi connectivity index (χ3v) is 22.9. The summed E-state index contributed by atoms with van der Waals surface area (Å²) in [6, 6.07) is 0. The van der Waals surface area contributed by atoms with Crippen LogP contribution in [0.25, 0.3) is 0 Å². The monoisotopic (exact) mass is 384 g/mol. The van der Waals surface area contributed by atoms with E-state index in [4.69, 9.17) is 0 Å². The van der Waals surface area contributed by atoms with Crippen molar-refractivity contribution >= 4 is 14.7 Å². The van der Waals surface area contributed by atoms with E-state index in [0.29, 0.717) is 0 Å². The Bertz CT molecular complexity index is 382. The minimum atomic E-state index is -2.83. The zero-order valence-electron chi connectivity index (χ0n) is 18.5. The molecule has 24 heavy (non-hydrogen) atoms. The van der Waals surface area contributed by atoms with Gasteiger partial charge in [0.25, 0.3) is 0 Å². The molecular weight excluding hydrogens is 342 g/mol. The summed E-state index contributed by atoms with van der Waals surface area (Å²) in [5, 5.41) is 0. The van der Waals surface area contributed by atoms with E-state index in [1.165, 1.54) is 0 Å². The van der Waals surface area contributed by atoms with Crippen molar-refractivity contribution in [2.75, 3.05) is 98.7 Å². The van der Waals surface area contributed by atoms with Crippen molar-refractivity contribution < 1.29 is 0 Å². The molecule has 1 fully saturated rings. The maximum absolute atomic E-state index is 2.83. The van der Waals surface area contributed by atoms with Crippen molar-refractivity contribution in [2.45, 2.75) is 0 Å². The zero-order chi connectivity index (χ0) is 19.5. The molecule has 10 heteroatoms. The number of rotatable bonds is 6. The summed E-state index contributed by atoms with van der Waals surface area (Å²) in [7, 11) is 25.4. The topological polar surface area (TPSA) is 25.9 Å². The second-order valence-corrected chi connectivity index (χ2v) is 19.3. The first-order valence-corrected chi connectivity index (χ1v) is 12.3. The van der Waals surface area contributed by atoms with E-state index in [-0.39, 0.29) is 0 Å². The molecular formula is C14H42N8P2. The summed E-state index contributed by atoms with van der Waals surface area (Å²) in [5.41, 5.74) is 0. The molecule has 0 aromatic rings. The zero-order valence-corrected chi connectivity index (χ0v) is 20.3. The Hall–Kier alpha value is 0.540. The van der Waals surface area contributed by atoms with Gasteiger partial charge in [0.2, 0.25) is 0 Å². The van der Waals surface area contributed by atoms with Crippen LogP contribution in [0.4, 0.5) is 0 Å². The molecule has 0 radical (unpaired) electrons. The molecule has 0 unspecified atom stereocenters. The average molecular weight is 384 g/mol. The summed E-state index contributed by atoms with van der Waals surface area (Å²) in [5.74, 6) is 0. The van der Waals surface area contributed by atoms with Crippen LogP contribution < -0.4 is 0 Å². The van der Waals surface area contributed by atoms with Gasteiger partial charge in [0.05, 0.1) is 0 Å². The molecule has 1 saturated heterocycles. The molecule has 0 N–H and O–H groups in total. The molecule has 0 amide bonds. The predicted molar refractivity (Wildman–Crippen MR) is 111 cm³/mol. The number of hydrogen-bond acceptors (Lipinski definition) is 8. The van der Waals surface area contributed by atoms with E-state index in [9.17, 15) is 0 Å². The molecule has 1 aliphatic heterocycles. The average Bonchev–Trinajstić information content (AvgIpc) is 2.38. The van der Waals surface area contributed by atoms with E-state index in [1.54, 1.807) is 0 Å². The van der Waals surface area contributed by atoms with Crippen LogP contribution in [0.1, 0.15) is 0 Å². The van der Waals surface area contributed by atoms with Crippen molar-refractivity contribution in [3.63, 3.8) is 0 Å². The van der Waals surface area contributed by atoms with Crippen molar-refractivity contribution in [1.82, 2.24) is 36.9 Å². The summed E-state index contributed by atoms with van der Waals surface area (Å²) in [4.78, 5) is 0. The van der Waals surface area contributed by atoms with Gasteiger partial charge in [-0.05, 0) is 0 Å². The van der Waals surface area contributed by atoms with Gasteiger partial charge in [0.15, 0.2) is 0 Å². The molecule has 0 bridgehead atoms. The molecule has 0 atom stereocenters. The van der Waals surface area contributed by atoms with E-state index >= 15 is 0 Å². The van der Waals surface area contributed by atoms with Crippen LogP contribution in [0.15, 0.2) is 0 Å². The van der Waals surface area contributed by atoms with Gasteiger partial charge >= 0.3 is 150 Å². The molecule has 1 heterocycles. The van der Waals surface area contributed by atoms with Gasteiger partial charge in [-0.2, -0.15) is 0 Å². The summed E-state index contributed by atoms with van der Waals surface area (Å²) in [6.45, 7) is 0. The van der Waals surface area contributed by atoms with Crippen LogP contribution in [-0.2, 0) is 0 Å². The van der Waals surface area contributed by atoms with Gasteiger partial charge in [-0.25, -0.2) is 0 Å². The Kier molecular flexibility index (Phi) is 5.67. The van der Waals surface area contributed by atoms with Gasteiger partial charge in [-0.1, -0.05) is 0 Å². The quantitative estimate of drug-likeness (QED) is 0.636. The third kappa shape index (κ3) is 1.61. The molecule has 0 saturated carbocycles.